The van der Waals surface area contributed by atoms with Gasteiger partial charge in [-0.25, -0.2) is 0 Å². The third-order valence-electron chi connectivity index (χ3n) is 4.71. The summed E-state index contributed by atoms with van der Waals surface area (Å²) in [6.07, 6.45) is 1.69. The first-order valence-electron chi connectivity index (χ1n) is 7.52. The number of nitrogens with zero attached hydrogens (tertiary/aromatic N) is 1. The van der Waals surface area contributed by atoms with Gasteiger partial charge in [0.2, 0.25) is 0 Å². The summed E-state index contributed by atoms with van der Waals surface area (Å²) in [6.45, 7) is 3.36. The molecule has 4 nitrogen and oxygen atoms in total. The molecule has 0 spiro atoms. The Balaban J connectivity index is 0.00000176. The minimum absolute atomic E-state index is 0. The van der Waals surface area contributed by atoms with Gasteiger partial charge in [0.1, 0.15) is 5.75 Å². The van der Waals surface area contributed by atoms with Crippen LogP contribution in [0.2, 0.25) is 5.02 Å². The number of hydrogen-bond acceptors (Lipinski definition) is 3. The minimum atomic E-state index is -0.528. The monoisotopic (exact) mass is 344 g/mol. The molecule has 2 N–H and O–H groups in total. The molecule has 22 heavy (non-hydrogen) atoms. The Morgan fingerprint density at radius 1 is 1.36 bits per heavy atom. The van der Waals surface area contributed by atoms with Crippen LogP contribution in [0, 0.1) is 11.8 Å². The van der Waals surface area contributed by atoms with Crippen LogP contribution in [0.25, 0.3) is 0 Å². The summed E-state index contributed by atoms with van der Waals surface area (Å²) in [5.74, 6) is 1.60. The molecular formula is C16H22Cl2N2O2. The van der Waals surface area contributed by atoms with Crippen LogP contribution < -0.4 is 10.5 Å². The summed E-state index contributed by atoms with van der Waals surface area (Å²) in [6, 6.07) is 7.46. The van der Waals surface area contributed by atoms with Gasteiger partial charge in [-0.15, -0.1) is 12.4 Å². The number of carbonyl (C=O) groups is 1. The number of fused-ring (bicyclic) bond motifs is 1. The van der Waals surface area contributed by atoms with Crippen LogP contribution in [-0.2, 0) is 4.79 Å². The first-order valence-corrected chi connectivity index (χ1v) is 7.89. The van der Waals surface area contributed by atoms with E-state index < -0.39 is 6.10 Å². The average Bonchev–Trinajstić information content (AvgIpc) is 3.03. The van der Waals surface area contributed by atoms with Crippen LogP contribution in [0.4, 0.5) is 0 Å². The van der Waals surface area contributed by atoms with E-state index >= 15 is 0 Å². The predicted molar refractivity (Wildman–Crippen MR) is 89.6 cm³/mol. The third kappa shape index (κ3) is 3.34. The van der Waals surface area contributed by atoms with Crippen molar-refractivity contribution in [3.63, 3.8) is 0 Å². The summed E-state index contributed by atoms with van der Waals surface area (Å²) in [5.41, 5.74) is 6.12. The van der Waals surface area contributed by atoms with Gasteiger partial charge < -0.3 is 15.4 Å². The van der Waals surface area contributed by atoms with E-state index in [1.54, 1.807) is 19.1 Å². The molecule has 0 radical (unpaired) electrons. The van der Waals surface area contributed by atoms with Crippen LogP contribution in [-0.4, -0.2) is 36.0 Å². The first-order chi connectivity index (χ1) is 10.1. The lowest BCUT2D eigenvalue weighted by molar-refractivity contribution is -0.137. The minimum Gasteiger partial charge on any atom is -0.479 e. The lowest BCUT2D eigenvalue weighted by atomic mass is 9.98. The molecule has 1 saturated carbocycles. The van der Waals surface area contributed by atoms with E-state index in [4.69, 9.17) is 22.1 Å². The molecule has 0 aromatic heterocycles. The van der Waals surface area contributed by atoms with Gasteiger partial charge >= 0.3 is 0 Å². The zero-order valence-electron chi connectivity index (χ0n) is 12.6. The highest BCUT2D eigenvalue weighted by Crippen LogP contribution is 2.37. The normalized spacial score (nSPS) is 28.0. The fourth-order valence-corrected chi connectivity index (χ4v) is 3.71. The van der Waals surface area contributed by atoms with Gasteiger partial charge in [-0.1, -0.05) is 23.7 Å². The average molecular weight is 345 g/mol. The van der Waals surface area contributed by atoms with E-state index in [1.807, 2.05) is 17.0 Å². The number of ether oxygens (including phenoxy) is 1. The van der Waals surface area contributed by atoms with E-state index in [0.29, 0.717) is 22.6 Å². The molecule has 1 aliphatic heterocycles. The van der Waals surface area contributed by atoms with Crippen molar-refractivity contribution in [2.75, 3.05) is 13.1 Å². The van der Waals surface area contributed by atoms with E-state index in [-0.39, 0.29) is 24.4 Å². The predicted octanol–water partition coefficient (Wildman–Crippen LogP) is 2.72. The maximum Gasteiger partial charge on any atom is 0.263 e. The Kier molecular flexibility index (Phi) is 5.59. The zero-order chi connectivity index (χ0) is 15.0. The molecule has 1 aromatic rings. The number of hydrogen-bond donors (Lipinski definition) is 1. The van der Waals surface area contributed by atoms with Gasteiger partial charge in [0, 0.05) is 19.1 Å². The summed E-state index contributed by atoms with van der Waals surface area (Å²) < 4.78 is 5.71. The van der Waals surface area contributed by atoms with Crippen LogP contribution in [0.5, 0.6) is 5.75 Å². The third-order valence-corrected chi connectivity index (χ3v) is 5.02. The van der Waals surface area contributed by atoms with Gasteiger partial charge in [-0.05, 0) is 43.7 Å². The van der Waals surface area contributed by atoms with Gasteiger partial charge in [0.25, 0.3) is 5.91 Å². The van der Waals surface area contributed by atoms with Crippen molar-refractivity contribution in [2.45, 2.75) is 31.9 Å². The lowest BCUT2D eigenvalue weighted by Gasteiger charge is -2.23. The van der Waals surface area contributed by atoms with Crippen LogP contribution in [0.3, 0.4) is 0 Å². The number of rotatable bonds is 3. The molecule has 3 rings (SSSR count). The molecule has 4 atom stereocenters. The molecule has 0 bridgehead atoms. The van der Waals surface area contributed by atoms with Gasteiger partial charge in [0.05, 0.1) is 5.02 Å². The smallest absolute Gasteiger partial charge is 0.263 e. The van der Waals surface area contributed by atoms with Crippen LogP contribution in [0.1, 0.15) is 19.8 Å². The molecule has 2 fully saturated rings. The van der Waals surface area contributed by atoms with E-state index in [0.717, 1.165) is 25.9 Å². The Bertz CT molecular complexity index is 541. The number of para-hydroxylation sites is 1. The molecule has 1 aliphatic carbocycles. The quantitative estimate of drug-likeness (QED) is 0.917. The summed E-state index contributed by atoms with van der Waals surface area (Å²) in [5, 5.41) is 0.525. The van der Waals surface area contributed by atoms with Crippen molar-refractivity contribution in [1.29, 1.82) is 0 Å². The first kappa shape index (κ1) is 17.4. The zero-order valence-corrected chi connectivity index (χ0v) is 14.1. The second-order valence-electron chi connectivity index (χ2n) is 6.10. The van der Waals surface area contributed by atoms with Crippen LogP contribution in [0.15, 0.2) is 24.3 Å². The van der Waals surface area contributed by atoms with E-state index in [2.05, 4.69) is 0 Å². The number of benzene rings is 1. The Labute approximate surface area is 142 Å². The highest BCUT2D eigenvalue weighted by molar-refractivity contribution is 6.32. The highest BCUT2D eigenvalue weighted by atomic mass is 35.5. The highest BCUT2D eigenvalue weighted by Gasteiger charge is 2.43. The molecule has 4 unspecified atom stereocenters. The summed E-state index contributed by atoms with van der Waals surface area (Å²) in [7, 11) is 0. The Hall–Kier alpha value is -0.970. The SMILES string of the molecule is CC(Oc1ccccc1Cl)C(=O)N1CC2CCC(N)C2C1.Cl. The van der Waals surface area contributed by atoms with Gasteiger partial charge in [-0.2, -0.15) is 0 Å². The van der Waals surface area contributed by atoms with Gasteiger partial charge in [-0.3, -0.25) is 4.79 Å². The molecule has 2 aliphatic rings. The number of halogens is 2. The maximum atomic E-state index is 12.5. The Morgan fingerprint density at radius 3 is 2.77 bits per heavy atom. The van der Waals surface area contributed by atoms with E-state index in [1.165, 1.54) is 0 Å². The standard InChI is InChI=1S/C16H21ClN2O2.ClH/c1-10(21-15-5-3-2-4-13(15)17)16(20)19-8-11-6-7-14(18)12(11)9-19;/h2-5,10-12,14H,6-9,18H2,1H3;1H. The van der Waals surface area contributed by atoms with Crippen molar-refractivity contribution in [3.8, 4) is 5.75 Å². The Morgan fingerprint density at radius 2 is 2.09 bits per heavy atom. The fraction of sp³-hybridized carbons (Fsp3) is 0.562. The number of carbonyl (C=O) groups excluding carboxylic acids is 1. The molecule has 6 heteroatoms. The summed E-state index contributed by atoms with van der Waals surface area (Å²) >= 11 is 6.06. The topological polar surface area (TPSA) is 55.6 Å². The number of amides is 1. The molecular weight excluding hydrogens is 323 g/mol. The maximum absolute atomic E-state index is 12.5. The number of likely N-dealkylation sites (tertiary alicyclic amines) is 1. The second-order valence-corrected chi connectivity index (χ2v) is 6.51. The molecule has 1 heterocycles. The molecule has 1 aromatic carbocycles. The second kappa shape index (κ2) is 7.07. The molecule has 122 valence electrons. The van der Waals surface area contributed by atoms with Crippen molar-refractivity contribution < 1.29 is 9.53 Å². The largest absolute Gasteiger partial charge is 0.479 e. The van der Waals surface area contributed by atoms with Crippen LogP contribution >= 0.6 is 24.0 Å². The molecule has 1 amide bonds. The van der Waals surface area contributed by atoms with E-state index in [9.17, 15) is 4.79 Å². The lowest BCUT2D eigenvalue weighted by Crippen LogP contribution is -2.40. The van der Waals surface area contributed by atoms with Crippen molar-refractivity contribution in [1.82, 2.24) is 4.90 Å². The molecule has 1 saturated heterocycles. The number of nitrogens with two attached hydrogens (primary N) is 1. The van der Waals surface area contributed by atoms with Crippen molar-refractivity contribution >= 4 is 29.9 Å². The fourth-order valence-electron chi connectivity index (χ4n) is 3.53. The summed E-state index contributed by atoms with van der Waals surface area (Å²) in [4.78, 5) is 14.4. The van der Waals surface area contributed by atoms with Crippen molar-refractivity contribution in [2.24, 2.45) is 17.6 Å². The van der Waals surface area contributed by atoms with Gasteiger partial charge in [0.15, 0.2) is 6.10 Å². The van der Waals surface area contributed by atoms with Crippen molar-refractivity contribution in [3.05, 3.63) is 29.3 Å².